The lowest BCUT2D eigenvalue weighted by molar-refractivity contribution is -0.116. The van der Waals surface area contributed by atoms with E-state index in [0.717, 1.165) is 27.0 Å². The lowest BCUT2D eigenvalue weighted by Crippen LogP contribution is -2.20. The molecule has 3 aromatic carbocycles. The Kier molecular flexibility index (Phi) is 5.26. The first-order valence-corrected chi connectivity index (χ1v) is 9.93. The van der Waals surface area contributed by atoms with Crippen molar-refractivity contribution in [2.24, 2.45) is 0 Å². The number of carbonyl (C=O) groups is 1. The van der Waals surface area contributed by atoms with Crippen LogP contribution in [0, 0.1) is 6.92 Å². The Labute approximate surface area is 172 Å². The highest BCUT2D eigenvalue weighted by atomic mass is 79.9. The fourth-order valence-corrected chi connectivity index (χ4v) is 3.56. The van der Waals surface area contributed by atoms with Crippen LogP contribution < -0.4 is 5.32 Å². The van der Waals surface area contributed by atoms with Gasteiger partial charge >= 0.3 is 0 Å². The fraction of sp³-hybridized carbons (Fsp3) is 0.130. The topological polar surface area (TPSA) is 46.9 Å². The molecule has 0 spiro atoms. The quantitative estimate of drug-likeness (QED) is 0.461. The van der Waals surface area contributed by atoms with Crippen LogP contribution in [-0.2, 0) is 17.8 Å². The second-order valence-electron chi connectivity index (χ2n) is 6.76. The van der Waals surface area contributed by atoms with Crippen LogP contribution in [0.3, 0.4) is 0 Å². The number of carbonyl (C=O) groups excluding carboxylic acids is 1. The number of para-hydroxylation sites is 2. The molecule has 0 saturated carbocycles. The van der Waals surface area contributed by atoms with Crippen LogP contribution in [0.25, 0.3) is 11.0 Å². The molecule has 0 radical (unpaired) electrons. The Hall–Kier alpha value is -2.92. The maximum absolute atomic E-state index is 12.7. The molecule has 0 aliphatic heterocycles. The SMILES string of the molecule is Cc1ccccc1Cc1nc2ccccc2n1CC(=O)Nc1ccc(Br)cc1. The van der Waals surface area contributed by atoms with Gasteiger partial charge in [-0.2, -0.15) is 0 Å². The molecule has 4 rings (SSSR count). The van der Waals surface area contributed by atoms with Crippen LogP contribution in [0.5, 0.6) is 0 Å². The first-order valence-electron chi connectivity index (χ1n) is 9.14. The highest BCUT2D eigenvalue weighted by Gasteiger charge is 2.15. The summed E-state index contributed by atoms with van der Waals surface area (Å²) in [4.78, 5) is 17.5. The van der Waals surface area contributed by atoms with Crippen molar-refractivity contribution in [3.8, 4) is 0 Å². The number of halogens is 1. The average molecular weight is 434 g/mol. The molecule has 1 amide bonds. The van der Waals surface area contributed by atoms with Crippen molar-refractivity contribution >= 4 is 38.6 Å². The molecule has 0 aliphatic rings. The number of aromatic nitrogens is 2. The molecule has 4 aromatic rings. The van der Waals surface area contributed by atoms with Crippen molar-refractivity contribution in [1.29, 1.82) is 0 Å². The molecule has 0 atom stereocenters. The van der Waals surface area contributed by atoms with Gasteiger partial charge in [0.25, 0.3) is 0 Å². The van der Waals surface area contributed by atoms with Crippen LogP contribution in [0.4, 0.5) is 5.69 Å². The number of hydrogen-bond donors (Lipinski definition) is 1. The second kappa shape index (κ2) is 7.98. The number of anilines is 1. The van der Waals surface area contributed by atoms with Gasteiger partial charge in [0.15, 0.2) is 0 Å². The minimum Gasteiger partial charge on any atom is -0.325 e. The van der Waals surface area contributed by atoms with Crippen LogP contribution >= 0.6 is 15.9 Å². The zero-order valence-electron chi connectivity index (χ0n) is 15.5. The summed E-state index contributed by atoms with van der Waals surface area (Å²) < 4.78 is 2.99. The third kappa shape index (κ3) is 3.99. The Morgan fingerprint density at radius 1 is 1.00 bits per heavy atom. The average Bonchev–Trinajstić information content (AvgIpc) is 3.03. The molecule has 28 heavy (non-hydrogen) atoms. The van der Waals surface area contributed by atoms with E-state index < -0.39 is 0 Å². The van der Waals surface area contributed by atoms with Crippen molar-refractivity contribution < 1.29 is 4.79 Å². The maximum atomic E-state index is 12.7. The maximum Gasteiger partial charge on any atom is 0.244 e. The summed E-state index contributed by atoms with van der Waals surface area (Å²) in [5.41, 5.74) is 5.09. The van der Waals surface area contributed by atoms with Crippen LogP contribution in [0.1, 0.15) is 17.0 Å². The minimum absolute atomic E-state index is 0.0727. The number of nitrogens with one attached hydrogen (secondary N) is 1. The van der Waals surface area contributed by atoms with Crippen molar-refractivity contribution in [3.05, 3.63) is 94.2 Å². The minimum atomic E-state index is -0.0727. The molecule has 0 fully saturated rings. The number of hydrogen-bond acceptors (Lipinski definition) is 2. The summed E-state index contributed by atoms with van der Waals surface area (Å²) in [7, 11) is 0. The van der Waals surface area contributed by atoms with Crippen molar-refractivity contribution in [1.82, 2.24) is 9.55 Å². The molecular formula is C23H20BrN3O. The molecule has 1 heterocycles. The van der Waals surface area contributed by atoms with Crippen LogP contribution in [-0.4, -0.2) is 15.5 Å². The van der Waals surface area contributed by atoms with Gasteiger partial charge in [0.2, 0.25) is 5.91 Å². The van der Waals surface area contributed by atoms with Gasteiger partial charge < -0.3 is 9.88 Å². The standard InChI is InChI=1S/C23H20BrN3O/c1-16-6-2-3-7-17(16)14-22-26-20-8-4-5-9-21(20)27(22)15-23(28)25-19-12-10-18(24)11-13-19/h2-13H,14-15H2,1H3,(H,25,28). The van der Waals surface area contributed by atoms with Gasteiger partial charge in [0.05, 0.1) is 11.0 Å². The highest BCUT2D eigenvalue weighted by molar-refractivity contribution is 9.10. The molecule has 140 valence electrons. The Balaban J connectivity index is 1.64. The van der Waals surface area contributed by atoms with E-state index in [0.29, 0.717) is 6.42 Å². The van der Waals surface area contributed by atoms with Gasteiger partial charge in [0, 0.05) is 16.6 Å². The Bertz CT molecular complexity index is 1130. The highest BCUT2D eigenvalue weighted by Crippen LogP contribution is 2.20. The first kappa shape index (κ1) is 18.4. The summed E-state index contributed by atoms with van der Waals surface area (Å²) in [5.74, 6) is 0.818. The molecule has 1 N–H and O–H groups in total. The van der Waals surface area contributed by atoms with Gasteiger partial charge in [0.1, 0.15) is 12.4 Å². The second-order valence-corrected chi connectivity index (χ2v) is 7.68. The van der Waals surface area contributed by atoms with E-state index in [4.69, 9.17) is 4.98 Å². The third-order valence-electron chi connectivity index (χ3n) is 4.77. The zero-order valence-corrected chi connectivity index (χ0v) is 17.1. The Morgan fingerprint density at radius 3 is 2.50 bits per heavy atom. The summed E-state index contributed by atoms with van der Waals surface area (Å²) in [6.07, 6.45) is 0.687. The predicted octanol–water partition coefficient (Wildman–Crippen LogP) is 5.34. The zero-order chi connectivity index (χ0) is 19.5. The molecule has 0 saturated heterocycles. The molecule has 0 bridgehead atoms. The van der Waals surface area contributed by atoms with Crippen LogP contribution in [0.2, 0.25) is 0 Å². The van der Waals surface area contributed by atoms with Crippen molar-refractivity contribution in [3.63, 3.8) is 0 Å². The largest absolute Gasteiger partial charge is 0.325 e. The number of nitrogens with zero attached hydrogens (tertiary/aromatic N) is 2. The third-order valence-corrected chi connectivity index (χ3v) is 5.30. The number of rotatable bonds is 5. The molecule has 1 aromatic heterocycles. The van der Waals surface area contributed by atoms with Crippen LogP contribution in [0.15, 0.2) is 77.3 Å². The van der Waals surface area contributed by atoms with Gasteiger partial charge in [-0.05, 0) is 54.4 Å². The molecule has 0 aliphatic carbocycles. The first-order chi connectivity index (χ1) is 13.6. The summed E-state index contributed by atoms with van der Waals surface area (Å²) >= 11 is 3.41. The number of benzene rings is 3. The lowest BCUT2D eigenvalue weighted by Gasteiger charge is -2.11. The number of aryl methyl sites for hydroxylation is 1. The normalized spacial score (nSPS) is 10.9. The van der Waals surface area contributed by atoms with E-state index in [-0.39, 0.29) is 12.5 Å². The summed E-state index contributed by atoms with van der Waals surface area (Å²) in [6.45, 7) is 2.32. The van der Waals surface area contributed by atoms with E-state index in [2.05, 4.69) is 40.3 Å². The van der Waals surface area contributed by atoms with Gasteiger partial charge in [-0.15, -0.1) is 0 Å². The number of amides is 1. The number of imidazole rings is 1. The molecule has 0 unspecified atom stereocenters. The van der Waals surface area contributed by atoms with E-state index in [1.165, 1.54) is 11.1 Å². The van der Waals surface area contributed by atoms with Gasteiger partial charge in [-0.25, -0.2) is 4.98 Å². The van der Waals surface area contributed by atoms with E-state index >= 15 is 0 Å². The molecular weight excluding hydrogens is 414 g/mol. The summed E-state index contributed by atoms with van der Waals surface area (Å²) in [5, 5.41) is 2.97. The van der Waals surface area contributed by atoms with Gasteiger partial charge in [-0.1, -0.05) is 52.3 Å². The van der Waals surface area contributed by atoms with E-state index in [1.54, 1.807) is 0 Å². The van der Waals surface area contributed by atoms with E-state index in [1.807, 2.05) is 65.2 Å². The monoisotopic (exact) mass is 433 g/mol. The van der Waals surface area contributed by atoms with Gasteiger partial charge in [-0.3, -0.25) is 4.79 Å². The number of fused-ring (bicyclic) bond motifs is 1. The van der Waals surface area contributed by atoms with E-state index in [9.17, 15) is 4.79 Å². The fourth-order valence-electron chi connectivity index (χ4n) is 3.29. The predicted molar refractivity (Wildman–Crippen MR) is 116 cm³/mol. The molecule has 5 heteroatoms. The van der Waals surface area contributed by atoms with Crippen molar-refractivity contribution in [2.45, 2.75) is 19.9 Å². The summed E-state index contributed by atoms with van der Waals surface area (Å²) in [6, 6.07) is 23.8. The Morgan fingerprint density at radius 2 is 1.71 bits per heavy atom. The lowest BCUT2D eigenvalue weighted by atomic mass is 10.1. The smallest absolute Gasteiger partial charge is 0.244 e. The molecule has 4 nitrogen and oxygen atoms in total. The van der Waals surface area contributed by atoms with Crippen molar-refractivity contribution in [2.75, 3.05) is 5.32 Å².